The second-order valence-electron chi connectivity index (χ2n) is 2.53. The molecule has 0 aliphatic carbocycles. The lowest BCUT2D eigenvalue weighted by Crippen LogP contribution is -1.99. The minimum absolute atomic E-state index is 0. The summed E-state index contributed by atoms with van der Waals surface area (Å²) in [6.45, 7) is 5.42. The second kappa shape index (κ2) is 13.4. The van der Waals surface area contributed by atoms with Gasteiger partial charge in [-0.3, -0.25) is 0 Å². The van der Waals surface area contributed by atoms with E-state index in [-0.39, 0.29) is 12.4 Å². The van der Waals surface area contributed by atoms with Gasteiger partial charge in [-0.2, -0.15) is 0 Å². The Morgan fingerprint density at radius 1 is 1.09 bits per heavy atom. The molecule has 0 saturated heterocycles. The van der Waals surface area contributed by atoms with Crippen molar-refractivity contribution < 1.29 is 3.79 Å². The van der Waals surface area contributed by atoms with Crippen molar-refractivity contribution in [2.75, 3.05) is 6.61 Å². The number of halogens is 1. The van der Waals surface area contributed by atoms with Gasteiger partial charge in [0.25, 0.3) is 0 Å². The fourth-order valence-electron chi connectivity index (χ4n) is 0.682. The lowest BCUT2D eigenvalue weighted by atomic mass is 10.4. The first-order valence-corrected chi connectivity index (χ1v) is 5.63. The van der Waals surface area contributed by atoms with E-state index in [9.17, 15) is 0 Å². The average molecular weight is 194 g/mol. The highest BCUT2D eigenvalue weighted by molar-refractivity contribution is 6.26. The fourth-order valence-corrected chi connectivity index (χ4v) is 1.76. The van der Waals surface area contributed by atoms with Gasteiger partial charge in [0.1, 0.15) is 0 Å². The van der Waals surface area contributed by atoms with Gasteiger partial charge in [-0.15, -0.1) is 12.4 Å². The minimum Gasteiger partial charge on any atom is -0.507 e. The molecule has 0 N–H and O–H groups in total. The Balaban J connectivity index is 0. The van der Waals surface area contributed by atoms with E-state index in [0.717, 1.165) is 6.61 Å². The van der Waals surface area contributed by atoms with Gasteiger partial charge in [0.05, 0.1) is 0 Å². The predicted octanol–water partition coefficient (Wildman–Crippen LogP) is 3.06. The zero-order chi connectivity index (χ0) is 7.66. The third-order valence-electron chi connectivity index (χ3n) is 1.41. The Morgan fingerprint density at radius 2 is 1.73 bits per heavy atom. The predicted molar refractivity (Wildman–Crippen MR) is 53.6 cm³/mol. The molecule has 0 aliphatic heterocycles. The Morgan fingerprint density at radius 3 is 2.27 bits per heavy atom. The number of rotatable bonds is 7. The van der Waals surface area contributed by atoms with Crippen molar-refractivity contribution in [3.05, 3.63) is 0 Å². The molecule has 0 fully saturated rings. The quantitative estimate of drug-likeness (QED) is 0.446. The molecule has 1 radical (unpaired) electrons. The summed E-state index contributed by atoms with van der Waals surface area (Å²) in [4.78, 5) is 0. The van der Waals surface area contributed by atoms with E-state index in [1.54, 1.807) is 0 Å². The lowest BCUT2D eigenvalue weighted by molar-refractivity contribution is 0.325. The Kier molecular flexibility index (Phi) is 17.4. The van der Waals surface area contributed by atoms with Crippen LogP contribution in [0.4, 0.5) is 0 Å². The van der Waals surface area contributed by atoms with Gasteiger partial charge in [0, 0.05) is 6.61 Å². The zero-order valence-electron chi connectivity index (χ0n) is 7.64. The van der Waals surface area contributed by atoms with Crippen LogP contribution in [0.15, 0.2) is 0 Å². The number of unbranched alkanes of at least 4 members (excludes halogenated alkanes) is 2. The molecule has 67 valence electrons. The summed E-state index contributed by atoms with van der Waals surface area (Å²) in [7, 11) is 0. The van der Waals surface area contributed by atoms with E-state index in [1.165, 1.54) is 31.0 Å². The van der Waals surface area contributed by atoms with Crippen LogP contribution in [0.2, 0.25) is 5.28 Å². The van der Waals surface area contributed by atoms with E-state index in [4.69, 9.17) is 3.79 Å². The van der Waals surface area contributed by atoms with Gasteiger partial charge in [-0.05, 0) is 6.42 Å². The van der Waals surface area contributed by atoms with Crippen LogP contribution in [0.5, 0.6) is 0 Å². The summed E-state index contributed by atoms with van der Waals surface area (Å²) in [5, 5.41) is 1.32. The molecule has 1 nitrogen and oxygen atoms in total. The highest BCUT2D eigenvalue weighted by Crippen LogP contribution is 1.94. The van der Waals surface area contributed by atoms with Crippen molar-refractivity contribution in [2.24, 2.45) is 0 Å². The smallest absolute Gasteiger partial charge is 0.423 e. The molecule has 0 aromatic rings. The van der Waals surface area contributed by atoms with E-state index < -0.39 is 0 Å². The Bertz CT molecular complexity index is 54.1. The van der Waals surface area contributed by atoms with Crippen molar-refractivity contribution in [1.29, 1.82) is 0 Å². The van der Waals surface area contributed by atoms with Crippen LogP contribution in [0.1, 0.15) is 39.5 Å². The van der Waals surface area contributed by atoms with Crippen LogP contribution < -0.4 is 0 Å². The number of hydrogen-bond donors (Lipinski definition) is 0. The molecule has 0 atom stereocenters. The van der Waals surface area contributed by atoms with E-state index in [1.807, 2.05) is 0 Å². The van der Waals surface area contributed by atoms with Crippen molar-refractivity contribution in [2.45, 2.75) is 44.8 Å². The minimum atomic E-state index is 0. The van der Waals surface area contributed by atoms with Gasteiger partial charge >= 0.3 is 15.6 Å². The zero-order valence-corrected chi connectivity index (χ0v) is 9.61. The molecule has 11 heavy (non-hydrogen) atoms. The van der Waals surface area contributed by atoms with Gasteiger partial charge in [-0.1, -0.05) is 38.4 Å². The normalized spacial score (nSPS) is 8.91. The Labute approximate surface area is 83.4 Å². The van der Waals surface area contributed by atoms with Crippen LogP contribution in [0.25, 0.3) is 0 Å². The van der Waals surface area contributed by atoms with E-state index >= 15 is 0 Å². The molecule has 0 unspecified atom stereocenters. The van der Waals surface area contributed by atoms with Crippen LogP contribution in [-0.2, 0) is 3.79 Å². The van der Waals surface area contributed by atoms with Crippen LogP contribution >= 0.6 is 12.4 Å². The SMILES string of the molecule is CCCC[O][Al][CH2]CCC.Cl. The van der Waals surface area contributed by atoms with E-state index in [2.05, 4.69) is 13.8 Å². The summed E-state index contributed by atoms with van der Waals surface area (Å²) in [6, 6.07) is 0. The monoisotopic (exact) mass is 193 g/mol. The maximum absolute atomic E-state index is 5.46. The molecule has 0 rings (SSSR count). The van der Waals surface area contributed by atoms with Crippen molar-refractivity contribution >= 4 is 28.0 Å². The largest absolute Gasteiger partial charge is 0.507 e. The average Bonchev–Trinajstić information content (AvgIpc) is 1.97. The second-order valence-corrected chi connectivity index (χ2v) is 3.78. The molecule has 0 aromatic carbocycles. The molecule has 0 bridgehead atoms. The van der Waals surface area contributed by atoms with Crippen molar-refractivity contribution in [3.8, 4) is 0 Å². The van der Waals surface area contributed by atoms with Crippen molar-refractivity contribution in [3.63, 3.8) is 0 Å². The fraction of sp³-hybridized carbons (Fsp3) is 1.00. The van der Waals surface area contributed by atoms with Crippen LogP contribution in [0.3, 0.4) is 0 Å². The third kappa shape index (κ3) is 13.7. The molecule has 0 spiro atoms. The van der Waals surface area contributed by atoms with Gasteiger partial charge < -0.3 is 3.79 Å². The van der Waals surface area contributed by atoms with Gasteiger partial charge in [-0.25, -0.2) is 0 Å². The molecule has 0 heterocycles. The molecule has 0 saturated carbocycles. The lowest BCUT2D eigenvalue weighted by Gasteiger charge is -1.99. The summed E-state index contributed by atoms with van der Waals surface area (Å²) < 4.78 is 5.46. The standard InChI is InChI=1S/C4H9O.C4H9.Al.ClH/c1-2-3-4-5;1-3-4-2;;/h2-4H2,1H3;1,3-4H2,2H3;;1H/q-1;;+1;. The summed E-state index contributed by atoms with van der Waals surface area (Å²) in [5.41, 5.74) is 0. The van der Waals surface area contributed by atoms with E-state index in [0.29, 0.717) is 15.6 Å². The van der Waals surface area contributed by atoms with Crippen LogP contribution in [-0.4, -0.2) is 22.2 Å². The first kappa shape index (κ1) is 14.3. The highest BCUT2D eigenvalue weighted by atomic mass is 35.5. The summed E-state index contributed by atoms with van der Waals surface area (Å²) in [6.07, 6.45) is 5.15. The maximum atomic E-state index is 5.46. The maximum Gasteiger partial charge on any atom is 0.423 e. The number of hydrogen-bond acceptors (Lipinski definition) is 1. The summed E-state index contributed by atoms with van der Waals surface area (Å²) in [5.74, 6) is 0. The molecular formula is C8H19AlClO. The molecule has 0 amide bonds. The van der Waals surface area contributed by atoms with Gasteiger partial charge in [0.2, 0.25) is 0 Å². The molecule has 0 aromatic heterocycles. The topological polar surface area (TPSA) is 9.23 Å². The summed E-state index contributed by atoms with van der Waals surface area (Å²) >= 11 is 0.314. The first-order valence-electron chi connectivity index (χ1n) is 4.35. The first-order chi connectivity index (χ1) is 4.91. The van der Waals surface area contributed by atoms with Crippen molar-refractivity contribution in [1.82, 2.24) is 0 Å². The van der Waals surface area contributed by atoms with Gasteiger partial charge in [0.15, 0.2) is 0 Å². The Hall–Kier alpha value is 0.782. The molecular weight excluding hydrogens is 175 g/mol. The molecule has 3 heteroatoms. The highest BCUT2D eigenvalue weighted by Gasteiger charge is 1.92. The van der Waals surface area contributed by atoms with Crippen LogP contribution in [0, 0.1) is 0 Å². The molecule has 0 aliphatic rings. The third-order valence-corrected chi connectivity index (χ3v) is 2.52.